The van der Waals surface area contributed by atoms with Gasteiger partial charge in [-0.15, -0.1) is 0 Å². The molecule has 1 aromatic heterocycles. The molecule has 2 rings (SSSR count). The van der Waals surface area contributed by atoms with Crippen LogP contribution in [0.1, 0.15) is 18.6 Å². The molecule has 3 N–H and O–H groups in total. The van der Waals surface area contributed by atoms with Crippen LogP contribution in [0.5, 0.6) is 0 Å². The van der Waals surface area contributed by atoms with Gasteiger partial charge in [-0.1, -0.05) is 24.3 Å². The molecule has 2 aromatic rings. The fourth-order valence-corrected chi connectivity index (χ4v) is 1.66. The summed E-state index contributed by atoms with van der Waals surface area (Å²) in [5.74, 6) is 0. The topological polar surface area (TPSA) is 59.1 Å². The van der Waals surface area contributed by atoms with E-state index in [2.05, 4.69) is 4.98 Å². The van der Waals surface area contributed by atoms with E-state index in [-0.39, 0.29) is 6.04 Å². The molecule has 1 aromatic carbocycles. The van der Waals surface area contributed by atoms with E-state index >= 15 is 0 Å². The van der Waals surface area contributed by atoms with Gasteiger partial charge in [0.15, 0.2) is 0 Å². The van der Waals surface area contributed by atoms with E-state index in [1.165, 1.54) is 0 Å². The van der Waals surface area contributed by atoms with Crippen LogP contribution in [0.2, 0.25) is 0 Å². The Balaban J connectivity index is 2.60. The number of nitrogens with zero attached hydrogens (tertiary/aromatic N) is 1. The van der Waals surface area contributed by atoms with Gasteiger partial charge in [0, 0.05) is 29.4 Å². The fourth-order valence-electron chi connectivity index (χ4n) is 1.66. The first-order valence-corrected chi connectivity index (χ1v) is 4.96. The summed E-state index contributed by atoms with van der Waals surface area (Å²) < 4.78 is 0. The van der Waals surface area contributed by atoms with Gasteiger partial charge in [-0.3, -0.25) is 4.98 Å². The van der Waals surface area contributed by atoms with Crippen LogP contribution in [0.3, 0.4) is 0 Å². The molecule has 0 aliphatic carbocycles. The lowest BCUT2D eigenvalue weighted by Gasteiger charge is -2.16. The van der Waals surface area contributed by atoms with Crippen molar-refractivity contribution in [1.29, 1.82) is 0 Å². The Hall–Kier alpha value is -1.45. The molecule has 0 aliphatic heterocycles. The van der Waals surface area contributed by atoms with Gasteiger partial charge in [0.2, 0.25) is 0 Å². The van der Waals surface area contributed by atoms with Crippen LogP contribution in [-0.4, -0.2) is 16.1 Å². The molecule has 78 valence electrons. The van der Waals surface area contributed by atoms with E-state index in [1.807, 2.05) is 24.3 Å². The number of rotatable bonds is 2. The molecule has 0 spiro atoms. The standard InChI is InChI=1S/C12H14N2O/c1-8(13)12(15)11-7-14-6-9-4-2-3-5-10(9)11/h2-8,12,15H,13H2,1H3. The van der Waals surface area contributed by atoms with Crippen LogP contribution in [0.25, 0.3) is 10.8 Å². The Morgan fingerprint density at radius 2 is 2.00 bits per heavy atom. The van der Waals surface area contributed by atoms with Crippen LogP contribution in [0.15, 0.2) is 36.7 Å². The summed E-state index contributed by atoms with van der Waals surface area (Å²) in [5, 5.41) is 12.0. The molecule has 2 unspecified atom stereocenters. The van der Waals surface area contributed by atoms with Crippen molar-refractivity contribution in [3.8, 4) is 0 Å². The summed E-state index contributed by atoms with van der Waals surface area (Å²) in [5.41, 5.74) is 6.48. The summed E-state index contributed by atoms with van der Waals surface area (Å²) in [6.45, 7) is 1.78. The first-order chi connectivity index (χ1) is 7.20. The van der Waals surface area contributed by atoms with Crippen molar-refractivity contribution < 1.29 is 5.11 Å². The van der Waals surface area contributed by atoms with Gasteiger partial charge < -0.3 is 10.8 Å². The highest BCUT2D eigenvalue weighted by Gasteiger charge is 2.15. The number of aliphatic hydroxyl groups excluding tert-OH is 1. The first-order valence-electron chi connectivity index (χ1n) is 4.96. The van der Waals surface area contributed by atoms with Crippen molar-refractivity contribution in [3.63, 3.8) is 0 Å². The van der Waals surface area contributed by atoms with Gasteiger partial charge >= 0.3 is 0 Å². The minimum Gasteiger partial charge on any atom is -0.387 e. The van der Waals surface area contributed by atoms with Crippen LogP contribution in [-0.2, 0) is 0 Å². The number of fused-ring (bicyclic) bond motifs is 1. The Morgan fingerprint density at radius 1 is 1.27 bits per heavy atom. The number of nitrogens with two attached hydrogens (primary N) is 1. The summed E-state index contributed by atoms with van der Waals surface area (Å²) in [4.78, 5) is 4.10. The highest BCUT2D eigenvalue weighted by atomic mass is 16.3. The van der Waals surface area contributed by atoms with E-state index in [4.69, 9.17) is 5.73 Å². The average Bonchev–Trinajstić information content (AvgIpc) is 2.27. The number of aromatic nitrogens is 1. The van der Waals surface area contributed by atoms with E-state index in [1.54, 1.807) is 19.3 Å². The molecule has 0 saturated heterocycles. The van der Waals surface area contributed by atoms with E-state index in [0.29, 0.717) is 0 Å². The van der Waals surface area contributed by atoms with E-state index in [9.17, 15) is 5.11 Å². The molecule has 15 heavy (non-hydrogen) atoms. The molecule has 0 saturated carbocycles. The Bertz CT molecular complexity index is 463. The SMILES string of the molecule is CC(N)C(O)c1cncc2ccccc12. The molecule has 0 amide bonds. The largest absolute Gasteiger partial charge is 0.387 e. The van der Waals surface area contributed by atoms with Crippen molar-refractivity contribution in [3.05, 3.63) is 42.2 Å². The molecular weight excluding hydrogens is 188 g/mol. The minimum atomic E-state index is -0.663. The maximum Gasteiger partial charge on any atom is 0.0958 e. The lowest BCUT2D eigenvalue weighted by Crippen LogP contribution is -2.24. The number of pyridine rings is 1. The summed E-state index contributed by atoms with van der Waals surface area (Å²) >= 11 is 0. The molecular formula is C12H14N2O. The smallest absolute Gasteiger partial charge is 0.0958 e. The molecule has 0 aliphatic rings. The van der Waals surface area contributed by atoms with Gasteiger partial charge in [-0.05, 0) is 12.3 Å². The zero-order valence-corrected chi connectivity index (χ0v) is 8.59. The molecule has 3 nitrogen and oxygen atoms in total. The van der Waals surface area contributed by atoms with E-state index in [0.717, 1.165) is 16.3 Å². The second kappa shape index (κ2) is 3.96. The van der Waals surface area contributed by atoms with Crippen molar-refractivity contribution >= 4 is 10.8 Å². The third kappa shape index (κ3) is 1.84. The number of aliphatic hydroxyl groups is 1. The van der Waals surface area contributed by atoms with Crippen LogP contribution < -0.4 is 5.73 Å². The van der Waals surface area contributed by atoms with Gasteiger partial charge in [0.1, 0.15) is 0 Å². The Morgan fingerprint density at radius 3 is 2.73 bits per heavy atom. The normalized spacial score (nSPS) is 15.1. The maximum atomic E-state index is 9.93. The highest BCUT2D eigenvalue weighted by molar-refractivity contribution is 5.84. The van der Waals surface area contributed by atoms with Crippen molar-refractivity contribution in [2.45, 2.75) is 19.1 Å². The number of hydrogen-bond donors (Lipinski definition) is 2. The fraction of sp³-hybridized carbons (Fsp3) is 0.250. The third-order valence-electron chi connectivity index (χ3n) is 2.52. The lowest BCUT2D eigenvalue weighted by molar-refractivity contribution is 0.154. The molecule has 1 heterocycles. The average molecular weight is 202 g/mol. The molecule has 0 radical (unpaired) electrons. The van der Waals surface area contributed by atoms with Gasteiger partial charge in [0.25, 0.3) is 0 Å². The monoisotopic (exact) mass is 202 g/mol. The second-order valence-corrected chi connectivity index (χ2v) is 3.75. The van der Waals surface area contributed by atoms with Crippen molar-refractivity contribution in [1.82, 2.24) is 4.98 Å². The second-order valence-electron chi connectivity index (χ2n) is 3.75. The summed E-state index contributed by atoms with van der Waals surface area (Å²) in [6, 6.07) is 7.54. The Labute approximate surface area is 88.6 Å². The predicted octanol–water partition coefficient (Wildman–Crippen LogP) is 1.62. The minimum absolute atomic E-state index is 0.294. The van der Waals surface area contributed by atoms with Gasteiger partial charge in [-0.25, -0.2) is 0 Å². The molecule has 2 atom stereocenters. The predicted molar refractivity (Wildman–Crippen MR) is 60.4 cm³/mol. The van der Waals surface area contributed by atoms with Gasteiger partial charge in [0.05, 0.1) is 6.10 Å². The number of benzene rings is 1. The Kier molecular flexibility index (Phi) is 2.66. The quantitative estimate of drug-likeness (QED) is 0.778. The van der Waals surface area contributed by atoms with Crippen LogP contribution in [0.4, 0.5) is 0 Å². The van der Waals surface area contributed by atoms with Crippen molar-refractivity contribution in [2.24, 2.45) is 5.73 Å². The highest BCUT2D eigenvalue weighted by Crippen LogP contribution is 2.24. The maximum absolute atomic E-state index is 9.93. The van der Waals surface area contributed by atoms with Gasteiger partial charge in [-0.2, -0.15) is 0 Å². The zero-order valence-electron chi connectivity index (χ0n) is 8.59. The lowest BCUT2D eigenvalue weighted by atomic mass is 10.00. The molecule has 0 bridgehead atoms. The molecule has 3 heteroatoms. The van der Waals surface area contributed by atoms with Crippen LogP contribution >= 0.6 is 0 Å². The summed E-state index contributed by atoms with van der Waals surface area (Å²) in [7, 11) is 0. The summed E-state index contributed by atoms with van der Waals surface area (Å²) in [6.07, 6.45) is 2.80. The third-order valence-corrected chi connectivity index (χ3v) is 2.52. The first kappa shape index (κ1) is 10.1. The number of hydrogen-bond acceptors (Lipinski definition) is 3. The van der Waals surface area contributed by atoms with E-state index < -0.39 is 6.10 Å². The zero-order chi connectivity index (χ0) is 10.8. The van der Waals surface area contributed by atoms with Crippen LogP contribution in [0, 0.1) is 0 Å². The van der Waals surface area contributed by atoms with Crippen molar-refractivity contribution in [2.75, 3.05) is 0 Å². The molecule has 0 fully saturated rings.